The van der Waals surface area contributed by atoms with Crippen LogP contribution in [0.4, 0.5) is 0 Å². The molecule has 1 heteroatoms. The van der Waals surface area contributed by atoms with Gasteiger partial charge in [0.1, 0.15) is 0 Å². The lowest BCUT2D eigenvalue weighted by Gasteiger charge is -2.21. The first kappa shape index (κ1) is 8.53. The zero-order chi connectivity index (χ0) is 7.56. The van der Waals surface area contributed by atoms with Gasteiger partial charge in [-0.05, 0) is 37.0 Å². The summed E-state index contributed by atoms with van der Waals surface area (Å²) in [5.74, 6) is 1.99. The van der Waals surface area contributed by atoms with Gasteiger partial charge >= 0.3 is 0 Å². The molecule has 0 nitrogen and oxygen atoms in total. The SMILES string of the molecule is CPC1CCCC1C(C)C. The van der Waals surface area contributed by atoms with Gasteiger partial charge in [-0.15, -0.1) is 8.58 Å². The van der Waals surface area contributed by atoms with E-state index in [0.717, 1.165) is 17.5 Å². The second kappa shape index (κ2) is 3.72. The quantitative estimate of drug-likeness (QED) is 0.542. The molecule has 0 bridgehead atoms. The molecule has 0 spiro atoms. The van der Waals surface area contributed by atoms with Crippen molar-refractivity contribution < 1.29 is 0 Å². The maximum atomic E-state index is 2.38. The summed E-state index contributed by atoms with van der Waals surface area (Å²) in [6, 6.07) is 0. The van der Waals surface area contributed by atoms with Crippen LogP contribution < -0.4 is 0 Å². The normalized spacial score (nSPS) is 34.8. The van der Waals surface area contributed by atoms with Crippen molar-refractivity contribution in [2.24, 2.45) is 11.8 Å². The summed E-state index contributed by atoms with van der Waals surface area (Å²) in [7, 11) is 1.18. The first-order chi connectivity index (χ1) is 4.75. The highest BCUT2D eigenvalue weighted by molar-refractivity contribution is 7.37. The van der Waals surface area contributed by atoms with Gasteiger partial charge in [0.25, 0.3) is 0 Å². The molecule has 1 saturated carbocycles. The van der Waals surface area contributed by atoms with Crippen molar-refractivity contribution in [3.8, 4) is 0 Å². The fraction of sp³-hybridized carbons (Fsp3) is 1.00. The van der Waals surface area contributed by atoms with E-state index in [1.807, 2.05) is 0 Å². The van der Waals surface area contributed by atoms with Crippen molar-refractivity contribution in [3.05, 3.63) is 0 Å². The molecule has 0 N–H and O–H groups in total. The Labute approximate surface area is 66.6 Å². The van der Waals surface area contributed by atoms with E-state index in [-0.39, 0.29) is 0 Å². The molecule has 3 unspecified atom stereocenters. The third-order valence-corrected chi connectivity index (χ3v) is 4.25. The van der Waals surface area contributed by atoms with Crippen molar-refractivity contribution in [2.75, 3.05) is 6.66 Å². The summed E-state index contributed by atoms with van der Waals surface area (Å²) in [6.45, 7) is 7.12. The van der Waals surface area contributed by atoms with E-state index < -0.39 is 0 Å². The van der Waals surface area contributed by atoms with E-state index in [9.17, 15) is 0 Å². The van der Waals surface area contributed by atoms with E-state index >= 15 is 0 Å². The van der Waals surface area contributed by atoms with Crippen LogP contribution in [-0.4, -0.2) is 12.3 Å². The van der Waals surface area contributed by atoms with E-state index in [1.165, 1.54) is 27.8 Å². The Kier molecular flexibility index (Phi) is 3.17. The molecule has 0 aliphatic heterocycles. The molecular formula is C9H19P. The third-order valence-electron chi connectivity index (χ3n) is 2.80. The maximum Gasteiger partial charge on any atom is -0.0208 e. The van der Waals surface area contributed by atoms with Gasteiger partial charge in [-0.3, -0.25) is 0 Å². The van der Waals surface area contributed by atoms with E-state index in [4.69, 9.17) is 0 Å². The van der Waals surface area contributed by atoms with Crippen molar-refractivity contribution in [3.63, 3.8) is 0 Å². The lowest BCUT2D eigenvalue weighted by molar-refractivity contribution is 0.403. The molecule has 1 aliphatic rings. The van der Waals surface area contributed by atoms with Crippen molar-refractivity contribution in [2.45, 2.75) is 38.8 Å². The topological polar surface area (TPSA) is 0 Å². The molecule has 1 fully saturated rings. The number of hydrogen-bond acceptors (Lipinski definition) is 0. The average Bonchev–Trinajstić information content (AvgIpc) is 2.33. The highest BCUT2D eigenvalue weighted by atomic mass is 31.1. The fourth-order valence-corrected chi connectivity index (χ4v) is 3.62. The molecule has 60 valence electrons. The molecule has 0 heterocycles. The standard InChI is InChI=1S/C9H19P/c1-7(2)8-5-4-6-9(8)10-3/h7-10H,4-6H2,1-3H3. The largest absolute Gasteiger partial charge is 0.122 e. The zero-order valence-electron chi connectivity index (χ0n) is 7.35. The van der Waals surface area contributed by atoms with Gasteiger partial charge in [-0.25, -0.2) is 0 Å². The summed E-state index contributed by atoms with van der Waals surface area (Å²) in [4.78, 5) is 0. The van der Waals surface area contributed by atoms with Gasteiger partial charge in [0.05, 0.1) is 0 Å². The molecule has 0 radical (unpaired) electrons. The number of hydrogen-bond donors (Lipinski definition) is 0. The minimum Gasteiger partial charge on any atom is -0.122 e. The van der Waals surface area contributed by atoms with Crippen LogP contribution in [0.2, 0.25) is 0 Å². The van der Waals surface area contributed by atoms with Crippen LogP contribution >= 0.6 is 8.58 Å². The lowest BCUT2D eigenvalue weighted by atomic mass is 9.94. The zero-order valence-corrected chi connectivity index (χ0v) is 8.35. The lowest BCUT2D eigenvalue weighted by Crippen LogP contribution is -2.14. The Morgan fingerprint density at radius 3 is 2.40 bits per heavy atom. The van der Waals surface area contributed by atoms with Crippen LogP contribution in [0.25, 0.3) is 0 Å². The molecule has 0 aromatic carbocycles. The number of rotatable bonds is 2. The Hall–Kier alpha value is 0.430. The molecule has 0 amide bonds. The summed E-state index contributed by atoms with van der Waals surface area (Å²) < 4.78 is 0. The molecule has 0 aromatic rings. The molecule has 1 aliphatic carbocycles. The molecular weight excluding hydrogens is 139 g/mol. The van der Waals surface area contributed by atoms with Crippen molar-refractivity contribution in [1.82, 2.24) is 0 Å². The van der Waals surface area contributed by atoms with Crippen LogP contribution in [-0.2, 0) is 0 Å². The van der Waals surface area contributed by atoms with Crippen molar-refractivity contribution >= 4 is 8.58 Å². The van der Waals surface area contributed by atoms with Gasteiger partial charge in [0, 0.05) is 0 Å². The molecule has 0 aromatic heterocycles. The second-order valence-electron chi connectivity index (χ2n) is 3.73. The van der Waals surface area contributed by atoms with Crippen LogP contribution in [0.5, 0.6) is 0 Å². The second-order valence-corrected chi connectivity index (χ2v) is 5.05. The Morgan fingerprint density at radius 1 is 1.30 bits per heavy atom. The van der Waals surface area contributed by atoms with Gasteiger partial charge in [0.15, 0.2) is 0 Å². The minimum absolute atomic E-state index is 0.931. The molecule has 0 saturated heterocycles. The van der Waals surface area contributed by atoms with E-state index in [2.05, 4.69) is 20.5 Å². The van der Waals surface area contributed by atoms with Gasteiger partial charge < -0.3 is 0 Å². The maximum absolute atomic E-state index is 2.38. The van der Waals surface area contributed by atoms with Gasteiger partial charge in [-0.1, -0.05) is 20.3 Å². The van der Waals surface area contributed by atoms with Gasteiger partial charge in [0.2, 0.25) is 0 Å². The Bertz CT molecular complexity index is 98.9. The van der Waals surface area contributed by atoms with Crippen LogP contribution in [0.3, 0.4) is 0 Å². The van der Waals surface area contributed by atoms with E-state index in [0.29, 0.717) is 0 Å². The molecule has 3 atom stereocenters. The predicted molar refractivity (Wildman–Crippen MR) is 50.2 cm³/mol. The highest BCUT2D eigenvalue weighted by Crippen LogP contribution is 2.40. The minimum atomic E-state index is 0.931. The molecule has 10 heavy (non-hydrogen) atoms. The van der Waals surface area contributed by atoms with Crippen LogP contribution in [0.15, 0.2) is 0 Å². The summed E-state index contributed by atoms with van der Waals surface area (Å²) in [5.41, 5.74) is 1.08. The van der Waals surface area contributed by atoms with E-state index in [1.54, 1.807) is 0 Å². The Morgan fingerprint density at radius 2 is 2.00 bits per heavy atom. The summed E-state index contributed by atoms with van der Waals surface area (Å²) >= 11 is 0. The monoisotopic (exact) mass is 158 g/mol. The highest BCUT2D eigenvalue weighted by Gasteiger charge is 2.27. The smallest absolute Gasteiger partial charge is 0.0208 e. The first-order valence-electron chi connectivity index (χ1n) is 4.43. The summed E-state index contributed by atoms with van der Waals surface area (Å²) in [5, 5.41) is 0. The van der Waals surface area contributed by atoms with Crippen LogP contribution in [0, 0.1) is 11.8 Å². The predicted octanol–water partition coefficient (Wildman–Crippen LogP) is 3.12. The van der Waals surface area contributed by atoms with Crippen molar-refractivity contribution in [1.29, 1.82) is 0 Å². The van der Waals surface area contributed by atoms with Gasteiger partial charge in [-0.2, -0.15) is 0 Å². The summed E-state index contributed by atoms with van der Waals surface area (Å²) in [6.07, 6.45) is 4.51. The third kappa shape index (κ3) is 1.72. The first-order valence-corrected chi connectivity index (χ1v) is 6.00. The molecule has 1 rings (SSSR count). The van der Waals surface area contributed by atoms with Crippen LogP contribution in [0.1, 0.15) is 33.1 Å². The Balaban J connectivity index is 2.42. The fourth-order valence-electron chi connectivity index (χ4n) is 2.15. The average molecular weight is 158 g/mol.